The lowest BCUT2D eigenvalue weighted by molar-refractivity contribution is 0.0988. The minimum absolute atomic E-state index is 0.0172. The van der Waals surface area contributed by atoms with E-state index in [0.29, 0.717) is 19.8 Å². The summed E-state index contributed by atoms with van der Waals surface area (Å²) < 4.78 is 12.8. The third-order valence-corrected chi connectivity index (χ3v) is 5.84. The van der Waals surface area contributed by atoms with Crippen LogP contribution in [0.1, 0.15) is 29.9 Å². The third-order valence-electron chi connectivity index (χ3n) is 5.84. The smallest absolute Gasteiger partial charge is 0.173 e. The lowest BCUT2D eigenvalue weighted by Gasteiger charge is -2.39. The first-order valence-corrected chi connectivity index (χ1v) is 11.3. The first kappa shape index (κ1) is 22.4. The van der Waals surface area contributed by atoms with E-state index >= 15 is 0 Å². The van der Waals surface area contributed by atoms with Gasteiger partial charge in [-0.1, -0.05) is 42.5 Å². The zero-order valence-electron chi connectivity index (χ0n) is 18.9. The number of nitrogens with zero attached hydrogens (tertiary/aromatic N) is 6. The SMILES string of the molecule is CCOc1ccc([C@@H](c2nnnn2CCOC)N2CCN(Cc3ccccc3)CC2)cc1. The summed E-state index contributed by atoms with van der Waals surface area (Å²) >= 11 is 0. The standard InChI is InChI=1S/C24H32N6O2/c1-3-32-22-11-9-21(10-12-22)23(24-25-26-27-30(24)17-18-31-2)29-15-13-28(14-16-29)19-20-7-5-4-6-8-20/h4-12,23H,3,13-19H2,1-2H3/t23-/m0/s1. The lowest BCUT2D eigenvalue weighted by atomic mass is 10.0. The Kier molecular flexibility index (Phi) is 7.82. The molecule has 0 radical (unpaired) electrons. The molecule has 0 spiro atoms. The van der Waals surface area contributed by atoms with E-state index in [1.165, 1.54) is 11.1 Å². The van der Waals surface area contributed by atoms with E-state index in [4.69, 9.17) is 9.47 Å². The molecule has 170 valence electrons. The van der Waals surface area contributed by atoms with E-state index < -0.39 is 0 Å². The van der Waals surface area contributed by atoms with Crippen molar-refractivity contribution >= 4 is 0 Å². The molecular weight excluding hydrogens is 404 g/mol. The average Bonchev–Trinajstić information content (AvgIpc) is 3.29. The van der Waals surface area contributed by atoms with Crippen molar-refractivity contribution < 1.29 is 9.47 Å². The Labute approximate surface area is 189 Å². The van der Waals surface area contributed by atoms with Gasteiger partial charge in [0.2, 0.25) is 0 Å². The average molecular weight is 437 g/mol. The Morgan fingerprint density at radius 1 is 0.969 bits per heavy atom. The third kappa shape index (κ3) is 5.51. The van der Waals surface area contributed by atoms with Crippen molar-refractivity contribution in [1.82, 2.24) is 30.0 Å². The Hall–Kier alpha value is -2.81. The van der Waals surface area contributed by atoms with Crippen LogP contribution in [-0.2, 0) is 17.8 Å². The van der Waals surface area contributed by atoms with E-state index in [-0.39, 0.29) is 6.04 Å². The van der Waals surface area contributed by atoms with Crippen LogP contribution in [0.5, 0.6) is 5.75 Å². The molecule has 0 unspecified atom stereocenters. The molecule has 2 heterocycles. The number of rotatable bonds is 10. The number of aromatic nitrogens is 4. The number of hydrogen-bond donors (Lipinski definition) is 0. The van der Waals surface area contributed by atoms with Crippen molar-refractivity contribution in [3.05, 3.63) is 71.5 Å². The van der Waals surface area contributed by atoms with E-state index in [9.17, 15) is 0 Å². The molecule has 2 aromatic carbocycles. The normalized spacial score (nSPS) is 16.2. The molecule has 1 aromatic heterocycles. The minimum atomic E-state index is -0.0172. The summed E-state index contributed by atoms with van der Waals surface area (Å²) in [5, 5.41) is 12.6. The first-order valence-electron chi connectivity index (χ1n) is 11.3. The van der Waals surface area contributed by atoms with Gasteiger partial charge in [0.15, 0.2) is 5.82 Å². The quantitative estimate of drug-likeness (QED) is 0.484. The summed E-state index contributed by atoms with van der Waals surface area (Å²) in [5.74, 6) is 1.73. The predicted octanol–water partition coefficient (Wildman–Crippen LogP) is 2.63. The Balaban J connectivity index is 1.52. The number of ether oxygens (including phenoxy) is 2. The topological polar surface area (TPSA) is 68.5 Å². The Bertz CT molecular complexity index is 939. The van der Waals surface area contributed by atoms with Crippen molar-refractivity contribution in [2.24, 2.45) is 0 Å². The molecule has 8 nitrogen and oxygen atoms in total. The fourth-order valence-corrected chi connectivity index (χ4v) is 4.20. The Morgan fingerprint density at radius 3 is 2.41 bits per heavy atom. The predicted molar refractivity (Wildman–Crippen MR) is 122 cm³/mol. The molecular formula is C24H32N6O2. The molecule has 8 heteroatoms. The summed E-state index contributed by atoms with van der Waals surface area (Å²) in [6.07, 6.45) is 0. The second-order valence-electron chi connectivity index (χ2n) is 7.96. The summed E-state index contributed by atoms with van der Waals surface area (Å²) in [5.41, 5.74) is 2.52. The maximum Gasteiger partial charge on any atom is 0.173 e. The number of tetrazole rings is 1. The van der Waals surface area contributed by atoms with Gasteiger partial charge in [0.1, 0.15) is 5.75 Å². The van der Waals surface area contributed by atoms with Crippen LogP contribution in [0.15, 0.2) is 54.6 Å². The van der Waals surface area contributed by atoms with Gasteiger partial charge in [-0.15, -0.1) is 5.10 Å². The summed E-state index contributed by atoms with van der Waals surface area (Å²) in [6.45, 7) is 8.72. The Morgan fingerprint density at radius 2 is 1.72 bits per heavy atom. The fourth-order valence-electron chi connectivity index (χ4n) is 4.20. The molecule has 4 rings (SSSR count). The highest BCUT2D eigenvalue weighted by atomic mass is 16.5. The summed E-state index contributed by atoms with van der Waals surface area (Å²) in [6, 6.07) is 19.0. The van der Waals surface area contributed by atoms with Crippen LogP contribution in [0.3, 0.4) is 0 Å². The molecule has 1 aliphatic rings. The van der Waals surface area contributed by atoms with Crippen LogP contribution in [0, 0.1) is 0 Å². The van der Waals surface area contributed by atoms with E-state index in [2.05, 4.69) is 67.8 Å². The molecule has 3 aromatic rings. The highest BCUT2D eigenvalue weighted by Gasteiger charge is 2.30. The monoisotopic (exact) mass is 436 g/mol. The van der Waals surface area contributed by atoms with E-state index in [1.807, 2.05) is 23.7 Å². The van der Waals surface area contributed by atoms with E-state index in [0.717, 1.165) is 44.3 Å². The van der Waals surface area contributed by atoms with Crippen LogP contribution < -0.4 is 4.74 Å². The van der Waals surface area contributed by atoms with Crippen molar-refractivity contribution in [3.8, 4) is 5.75 Å². The number of benzene rings is 2. The number of piperazine rings is 1. The van der Waals surface area contributed by atoms with Crippen LogP contribution in [-0.4, -0.2) is 76.5 Å². The molecule has 0 bridgehead atoms. The van der Waals surface area contributed by atoms with Gasteiger partial charge in [0.25, 0.3) is 0 Å². The van der Waals surface area contributed by atoms with Crippen molar-refractivity contribution in [2.75, 3.05) is 46.5 Å². The molecule has 1 atom stereocenters. The highest BCUT2D eigenvalue weighted by Crippen LogP contribution is 2.29. The maximum absolute atomic E-state index is 5.64. The maximum atomic E-state index is 5.64. The molecule has 1 saturated heterocycles. The van der Waals surface area contributed by atoms with E-state index in [1.54, 1.807) is 7.11 Å². The molecule has 0 amide bonds. The van der Waals surface area contributed by atoms with Gasteiger partial charge in [0, 0.05) is 39.8 Å². The van der Waals surface area contributed by atoms with Gasteiger partial charge in [-0.3, -0.25) is 9.80 Å². The largest absolute Gasteiger partial charge is 0.494 e. The van der Waals surface area contributed by atoms with Crippen molar-refractivity contribution in [3.63, 3.8) is 0 Å². The second kappa shape index (κ2) is 11.2. The van der Waals surface area contributed by atoms with Gasteiger partial charge >= 0.3 is 0 Å². The molecule has 0 saturated carbocycles. The van der Waals surface area contributed by atoms with Crippen LogP contribution >= 0.6 is 0 Å². The number of hydrogen-bond acceptors (Lipinski definition) is 7. The molecule has 0 N–H and O–H groups in total. The zero-order valence-corrected chi connectivity index (χ0v) is 18.9. The van der Waals surface area contributed by atoms with Gasteiger partial charge in [0.05, 0.1) is 25.8 Å². The van der Waals surface area contributed by atoms with Crippen molar-refractivity contribution in [1.29, 1.82) is 0 Å². The molecule has 32 heavy (non-hydrogen) atoms. The van der Waals surface area contributed by atoms with Crippen LogP contribution in [0.2, 0.25) is 0 Å². The fraction of sp³-hybridized carbons (Fsp3) is 0.458. The molecule has 0 aliphatic carbocycles. The van der Waals surface area contributed by atoms with Crippen LogP contribution in [0.25, 0.3) is 0 Å². The summed E-state index contributed by atoms with van der Waals surface area (Å²) in [7, 11) is 1.69. The number of methoxy groups -OCH3 is 1. The minimum Gasteiger partial charge on any atom is -0.494 e. The van der Waals surface area contributed by atoms with Gasteiger partial charge < -0.3 is 9.47 Å². The van der Waals surface area contributed by atoms with Crippen molar-refractivity contribution in [2.45, 2.75) is 26.1 Å². The molecule has 1 fully saturated rings. The zero-order chi connectivity index (χ0) is 22.2. The lowest BCUT2D eigenvalue weighted by Crippen LogP contribution is -2.48. The summed E-state index contributed by atoms with van der Waals surface area (Å²) in [4.78, 5) is 4.99. The highest BCUT2D eigenvalue weighted by molar-refractivity contribution is 5.32. The van der Waals surface area contributed by atoms with Gasteiger partial charge in [-0.2, -0.15) is 0 Å². The van der Waals surface area contributed by atoms with Gasteiger partial charge in [-0.25, -0.2) is 4.68 Å². The second-order valence-corrected chi connectivity index (χ2v) is 7.96. The first-order chi connectivity index (χ1) is 15.8. The van der Waals surface area contributed by atoms with Gasteiger partial charge in [-0.05, 0) is 40.6 Å². The molecule has 1 aliphatic heterocycles. The van der Waals surface area contributed by atoms with Crippen LogP contribution in [0.4, 0.5) is 0 Å².